The number of nitrogens with one attached hydrogen (secondary N) is 2. The van der Waals surface area contributed by atoms with Crippen LogP contribution < -0.4 is 10.6 Å². The molecule has 0 saturated heterocycles. The lowest BCUT2D eigenvalue weighted by atomic mass is 10.2. The van der Waals surface area contributed by atoms with Crippen LogP contribution in [0.2, 0.25) is 0 Å². The number of esters is 1. The largest absolute Gasteiger partial charge is 0.447 e. The van der Waals surface area contributed by atoms with Crippen molar-refractivity contribution >= 4 is 17.9 Å². The van der Waals surface area contributed by atoms with E-state index in [9.17, 15) is 14.4 Å². The highest BCUT2D eigenvalue weighted by Gasteiger charge is 2.25. The Bertz CT molecular complexity index is 961. The third kappa shape index (κ3) is 4.64. The van der Waals surface area contributed by atoms with Crippen LogP contribution in [0.1, 0.15) is 17.5 Å². The van der Waals surface area contributed by atoms with E-state index in [4.69, 9.17) is 4.74 Å². The zero-order valence-electron chi connectivity index (χ0n) is 15.8. The number of carbonyl (C=O) groups is 3. The topological polar surface area (TPSA) is 115 Å². The van der Waals surface area contributed by atoms with Crippen LogP contribution in [0.4, 0.5) is 4.79 Å². The number of aromatic nitrogens is 3. The van der Waals surface area contributed by atoms with Crippen molar-refractivity contribution in [3.05, 3.63) is 66.5 Å². The quantitative estimate of drug-likeness (QED) is 0.640. The lowest BCUT2D eigenvalue weighted by Crippen LogP contribution is -2.43. The number of urea groups is 1. The molecule has 2 N–H and O–H groups in total. The third-order valence-corrected chi connectivity index (χ3v) is 3.94. The van der Waals surface area contributed by atoms with Gasteiger partial charge >= 0.3 is 12.0 Å². The van der Waals surface area contributed by atoms with E-state index in [-0.39, 0.29) is 5.82 Å². The Labute approximate surface area is 166 Å². The molecule has 0 fully saturated rings. The van der Waals surface area contributed by atoms with Crippen molar-refractivity contribution in [2.24, 2.45) is 0 Å². The molecule has 3 amide bonds. The molecule has 3 aromatic rings. The summed E-state index contributed by atoms with van der Waals surface area (Å²) in [7, 11) is 1.37. The number of rotatable bonds is 5. The van der Waals surface area contributed by atoms with Crippen LogP contribution in [-0.2, 0) is 9.53 Å². The molecule has 0 radical (unpaired) electrons. The molecule has 2 aromatic carbocycles. The first-order chi connectivity index (χ1) is 14.0. The highest BCUT2D eigenvalue weighted by atomic mass is 16.5. The Morgan fingerprint density at radius 1 is 1.00 bits per heavy atom. The molecule has 1 unspecified atom stereocenters. The predicted molar refractivity (Wildman–Crippen MR) is 104 cm³/mol. The van der Waals surface area contributed by atoms with Crippen LogP contribution >= 0.6 is 0 Å². The van der Waals surface area contributed by atoms with E-state index in [1.54, 1.807) is 0 Å². The lowest BCUT2D eigenvalue weighted by Gasteiger charge is -2.11. The van der Waals surface area contributed by atoms with Crippen LogP contribution in [0, 0.1) is 0 Å². The molecule has 0 saturated carbocycles. The van der Waals surface area contributed by atoms with Gasteiger partial charge in [0.2, 0.25) is 0 Å². The first-order valence-corrected chi connectivity index (χ1v) is 8.81. The number of hydrogen-bond acceptors (Lipinski definition) is 6. The fourth-order valence-electron chi connectivity index (χ4n) is 2.46. The Hall–Kier alpha value is -4.01. The van der Waals surface area contributed by atoms with Crippen molar-refractivity contribution in [1.82, 2.24) is 25.4 Å². The van der Waals surface area contributed by atoms with E-state index in [1.165, 1.54) is 18.7 Å². The predicted octanol–water partition coefficient (Wildman–Crippen LogP) is 1.94. The SMILES string of the molecule is CNC(=O)NC(=O)C(C)OC(=O)c1nc(-c2ccccc2)n(-c2ccccc2)n1. The summed E-state index contributed by atoms with van der Waals surface area (Å²) in [6.07, 6.45) is -1.20. The molecule has 29 heavy (non-hydrogen) atoms. The molecule has 9 heteroatoms. The van der Waals surface area contributed by atoms with E-state index >= 15 is 0 Å². The molecule has 1 heterocycles. The summed E-state index contributed by atoms with van der Waals surface area (Å²) in [5.41, 5.74) is 1.47. The van der Waals surface area contributed by atoms with E-state index in [2.05, 4.69) is 15.4 Å². The zero-order chi connectivity index (χ0) is 20.8. The second-order valence-corrected chi connectivity index (χ2v) is 5.99. The molecule has 148 valence electrons. The maximum Gasteiger partial charge on any atom is 0.379 e. The van der Waals surface area contributed by atoms with Crippen LogP contribution in [0.25, 0.3) is 17.1 Å². The zero-order valence-corrected chi connectivity index (χ0v) is 15.8. The normalized spacial score (nSPS) is 11.4. The summed E-state index contributed by atoms with van der Waals surface area (Å²) in [6, 6.07) is 17.8. The molecule has 0 spiro atoms. The van der Waals surface area contributed by atoms with E-state index in [1.807, 2.05) is 66.0 Å². The van der Waals surface area contributed by atoms with Crippen molar-refractivity contribution in [3.63, 3.8) is 0 Å². The smallest absolute Gasteiger partial charge is 0.379 e. The Morgan fingerprint density at radius 2 is 1.62 bits per heavy atom. The maximum absolute atomic E-state index is 12.5. The number of imide groups is 1. The Kier molecular flexibility index (Phi) is 5.98. The molecular formula is C20H19N5O4. The van der Waals surface area contributed by atoms with Gasteiger partial charge in [-0.1, -0.05) is 48.5 Å². The fraction of sp³-hybridized carbons (Fsp3) is 0.150. The summed E-state index contributed by atoms with van der Waals surface area (Å²) in [5, 5.41) is 8.55. The summed E-state index contributed by atoms with van der Waals surface area (Å²) in [6.45, 7) is 1.35. The number of ether oxygens (including phenoxy) is 1. The number of carbonyl (C=O) groups excluding carboxylic acids is 3. The summed E-state index contributed by atoms with van der Waals surface area (Å²) >= 11 is 0. The average Bonchev–Trinajstić information content (AvgIpc) is 3.20. The number of amides is 3. The van der Waals surface area contributed by atoms with Gasteiger partial charge in [0.25, 0.3) is 11.7 Å². The molecule has 0 aliphatic carbocycles. The van der Waals surface area contributed by atoms with E-state index in [0.29, 0.717) is 11.5 Å². The first-order valence-electron chi connectivity index (χ1n) is 8.81. The van der Waals surface area contributed by atoms with Gasteiger partial charge in [-0.2, -0.15) is 0 Å². The standard InChI is InChI=1S/C20H19N5O4/c1-13(18(26)23-20(28)21-2)29-19(27)16-22-17(14-9-5-3-6-10-14)25(24-16)15-11-7-4-8-12-15/h3-13H,1-2H3,(H2,21,23,26,28). The van der Waals surface area contributed by atoms with Gasteiger partial charge in [0.05, 0.1) is 5.69 Å². The lowest BCUT2D eigenvalue weighted by molar-refractivity contribution is -0.127. The highest BCUT2D eigenvalue weighted by molar-refractivity contribution is 5.97. The third-order valence-electron chi connectivity index (χ3n) is 3.94. The second-order valence-electron chi connectivity index (χ2n) is 5.99. The Balaban J connectivity index is 1.88. The molecule has 0 aliphatic rings. The summed E-state index contributed by atoms with van der Waals surface area (Å²) < 4.78 is 6.64. The van der Waals surface area contributed by atoms with Crippen LogP contribution in [0.15, 0.2) is 60.7 Å². The molecule has 3 rings (SSSR count). The van der Waals surface area contributed by atoms with Crippen LogP contribution in [0.5, 0.6) is 0 Å². The van der Waals surface area contributed by atoms with Gasteiger partial charge in [-0.3, -0.25) is 10.1 Å². The molecule has 9 nitrogen and oxygen atoms in total. The van der Waals surface area contributed by atoms with Crippen molar-refractivity contribution in [3.8, 4) is 17.1 Å². The van der Waals surface area contributed by atoms with Crippen molar-refractivity contribution in [2.45, 2.75) is 13.0 Å². The molecule has 1 atom stereocenters. The minimum absolute atomic E-state index is 0.202. The van der Waals surface area contributed by atoms with Crippen molar-refractivity contribution < 1.29 is 19.1 Å². The fourth-order valence-corrected chi connectivity index (χ4v) is 2.46. The second kappa shape index (κ2) is 8.79. The number of para-hydroxylation sites is 1. The Morgan fingerprint density at radius 3 is 2.24 bits per heavy atom. The number of nitrogens with zero attached hydrogens (tertiary/aromatic N) is 3. The summed E-state index contributed by atoms with van der Waals surface area (Å²) in [4.78, 5) is 39.9. The van der Waals surface area contributed by atoms with Crippen molar-refractivity contribution in [1.29, 1.82) is 0 Å². The number of benzene rings is 2. The molecular weight excluding hydrogens is 374 g/mol. The minimum atomic E-state index is -1.20. The van der Waals surface area contributed by atoms with Gasteiger partial charge in [0, 0.05) is 12.6 Å². The van der Waals surface area contributed by atoms with Gasteiger partial charge in [-0.25, -0.2) is 19.3 Å². The van der Waals surface area contributed by atoms with Crippen molar-refractivity contribution in [2.75, 3.05) is 7.05 Å². The van der Waals surface area contributed by atoms with Gasteiger partial charge in [-0.05, 0) is 19.1 Å². The van der Waals surface area contributed by atoms with Gasteiger partial charge < -0.3 is 10.1 Å². The minimum Gasteiger partial charge on any atom is -0.447 e. The molecule has 0 aliphatic heterocycles. The highest BCUT2D eigenvalue weighted by Crippen LogP contribution is 2.21. The van der Waals surface area contributed by atoms with E-state index < -0.39 is 24.0 Å². The first kappa shape index (κ1) is 19.7. The van der Waals surface area contributed by atoms with Crippen LogP contribution in [-0.4, -0.2) is 45.8 Å². The number of hydrogen-bond donors (Lipinski definition) is 2. The van der Waals surface area contributed by atoms with Gasteiger partial charge in [0.1, 0.15) is 0 Å². The molecule has 0 bridgehead atoms. The summed E-state index contributed by atoms with van der Waals surface area (Å²) in [5.74, 6) is -1.39. The monoisotopic (exact) mass is 393 g/mol. The van der Waals surface area contributed by atoms with Gasteiger partial charge in [-0.15, -0.1) is 5.10 Å². The van der Waals surface area contributed by atoms with E-state index in [0.717, 1.165) is 5.56 Å². The maximum atomic E-state index is 12.5. The van der Waals surface area contributed by atoms with Crippen LogP contribution in [0.3, 0.4) is 0 Å². The average molecular weight is 393 g/mol. The van der Waals surface area contributed by atoms with Gasteiger partial charge in [0.15, 0.2) is 11.9 Å². The molecule has 1 aromatic heterocycles.